The minimum Gasteiger partial charge on any atom is -0.480 e. The average Bonchev–Trinajstić information content (AvgIpc) is 2.77. The lowest BCUT2D eigenvalue weighted by Gasteiger charge is -2.62. The van der Waals surface area contributed by atoms with Crippen LogP contribution in [0.1, 0.15) is 106 Å². The zero-order valence-corrected chi connectivity index (χ0v) is 23.5. The van der Waals surface area contributed by atoms with E-state index >= 15 is 0 Å². The molecule has 3 fully saturated rings. The van der Waals surface area contributed by atoms with Crippen molar-refractivity contribution in [3.05, 3.63) is 0 Å². The van der Waals surface area contributed by atoms with Crippen molar-refractivity contribution in [3.8, 4) is 0 Å². The van der Waals surface area contributed by atoms with E-state index in [1.165, 1.54) is 37.4 Å². The van der Waals surface area contributed by atoms with Crippen LogP contribution in [0.5, 0.6) is 0 Å². The third kappa shape index (κ3) is 5.26. The molecule has 1 unspecified atom stereocenters. The molecule has 196 valence electrons. The summed E-state index contributed by atoms with van der Waals surface area (Å²) in [4.78, 5) is 24.4. The van der Waals surface area contributed by atoms with Crippen LogP contribution in [-0.2, 0) is 9.59 Å². The van der Waals surface area contributed by atoms with Crippen LogP contribution in [0.25, 0.3) is 0 Å². The Kier molecular flexibility index (Phi) is 8.61. The zero-order chi connectivity index (χ0) is 25.5. The number of fused-ring (bicyclic) bond motifs is 3. The van der Waals surface area contributed by atoms with E-state index in [-0.39, 0.29) is 17.9 Å². The Morgan fingerprint density at radius 2 is 1.79 bits per heavy atom. The summed E-state index contributed by atoms with van der Waals surface area (Å²) in [5.41, 5.74) is 0.470. The number of Topliss-reactive ketones (excluding diaryl/α,β-unsaturated/α-hetero) is 1. The molecular weight excluding hydrogens is 444 g/mol. The highest BCUT2D eigenvalue weighted by Crippen LogP contribution is 2.65. The first-order valence-electron chi connectivity index (χ1n) is 13.8. The molecule has 34 heavy (non-hydrogen) atoms. The van der Waals surface area contributed by atoms with Crippen LogP contribution in [0.2, 0.25) is 0 Å². The third-order valence-electron chi connectivity index (χ3n) is 10.9. The number of carboxylic acid groups (broad SMARTS) is 1. The molecule has 3 saturated carbocycles. The van der Waals surface area contributed by atoms with Gasteiger partial charge in [-0.3, -0.25) is 9.59 Å². The molecule has 0 aromatic heterocycles. The van der Waals surface area contributed by atoms with Crippen LogP contribution < -0.4 is 0 Å². The van der Waals surface area contributed by atoms with Gasteiger partial charge in [0.05, 0.1) is 6.61 Å². The second kappa shape index (κ2) is 10.4. The molecule has 0 heterocycles. The number of hydrogen-bond acceptors (Lipinski definition) is 4. The Labute approximate surface area is 212 Å². The molecule has 0 aromatic rings. The second-order valence-electron chi connectivity index (χ2n) is 13.2. The Morgan fingerprint density at radius 1 is 1.12 bits per heavy atom. The molecule has 0 aromatic carbocycles. The monoisotopic (exact) mass is 494 g/mol. The quantitative estimate of drug-likeness (QED) is 0.367. The summed E-state index contributed by atoms with van der Waals surface area (Å²) in [5.74, 6) is 2.97. The first-order chi connectivity index (χ1) is 15.8. The highest BCUT2D eigenvalue weighted by atomic mass is 32.2. The van der Waals surface area contributed by atoms with Gasteiger partial charge in [-0.05, 0) is 113 Å². The molecule has 0 spiro atoms. The average molecular weight is 495 g/mol. The molecule has 0 radical (unpaired) electrons. The van der Waals surface area contributed by atoms with Gasteiger partial charge < -0.3 is 10.2 Å². The lowest BCUT2D eigenvalue weighted by atomic mass is 9.42. The van der Waals surface area contributed by atoms with E-state index in [9.17, 15) is 19.8 Å². The van der Waals surface area contributed by atoms with E-state index in [0.29, 0.717) is 29.0 Å². The van der Waals surface area contributed by atoms with Gasteiger partial charge in [0, 0.05) is 10.7 Å². The summed E-state index contributed by atoms with van der Waals surface area (Å²) in [6, 6.07) is 0. The van der Waals surface area contributed by atoms with Crippen molar-refractivity contribution in [3.63, 3.8) is 0 Å². The van der Waals surface area contributed by atoms with Crippen molar-refractivity contribution in [2.45, 2.75) is 116 Å². The van der Waals surface area contributed by atoms with E-state index < -0.39 is 16.0 Å². The highest BCUT2D eigenvalue weighted by molar-refractivity contribution is 8.01. The van der Waals surface area contributed by atoms with Crippen molar-refractivity contribution >= 4 is 23.5 Å². The molecule has 0 saturated heterocycles. The largest absolute Gasteiger partial charge is 0.480 e. The fourth-order valence-electron chi connectivity index (χ4n) is 8.60. The maximum atomic E-state index is 12.4. The standard InChI is InChI=1S/C29H50O4S/c1-8-23-22-10-9-21-15-20(16-25(26(32)33)34-27(4,5)17-30)11-13-29(21,7)24(22)12-14-28(23,6)18(2)19(3)31/h18,20-25,30H,8-17H2,1-7H3,(H,32,33)/t18-,20+,21+,22+,23+,24+,25?,28-,29+/m1/s1. The van der Waals surface area contributed by atoms with Crippen LogP contribution >= 0.6 is 11.8 Å². The van der Waals surface area contributed by atoms with Gasteiger partial charge in [0.25, 0.3) is 0 Å². The normalized spacial score (nSPS) is 40.1. The van der Waals surface area contributed by atoms with E-state index in [2.05, 4.69) is 27.7 Å². The summed E-state index contributed by atoms with van der Waals surface area (Å²) in [6.45, 7) is 15.1. The number of aliphatic hydroxyl groups is 1. The number of thioether (sulfide) groups is 1. The summed E-state index contributed by atoms with van der Waals surface area (Å²) in [6.07, 6.45) is 10.3. The molecular formula is C29H50O4S. The molecule has 9 atom stereocenters. The summed E-state index contributed by atoms with van der Waals surface area (Å²) < 4.78 is -0.425. The maximum absolute atomic E-state index is 12.4. The molecule has 5 heteroatoms. The van der Waals surface area contributed by atoms with E-state index in [1.54, 1.807) is 6.92 Å². The first-order valence-corrected chi connectivity index (χ1v) is 14.7. The Bertz CT molecular complexity index is 750. The van der Waals surface area contributed by atoms with Gasteiger partial charge in [0.2, 0.25) is 0 Å². The fourth-order valence-corrected chi connectivity index (χ4v) is 9.92. The molecule has 0 aliphatic heterocycles. The molecule has 3 rings (SSSR count). The van der Waals surface area contributed by atoms with Gasteiger partial charge in [-0.2, -0.15) is 0 Å². The van der Waals surface area contributed by atoms with Gasteiger partial charge in [0.1, 0.15) is 11.0 Å². The van der Waals surface area contributed by atoms with E-state index in [4.69, 9.17) is 0 Å². The van der Waals surface area contributed by atoms with Crippen LogP contribution in [0, 0.1) is 46.3 Å². The Hall–Kier alpha value is -0.550. The number of aliphatic carboxylic acids is 1. The number of ketones is 1. The minimum absolute atomic E-state index is 0.00433. The first kappa shape index (κ1) is 28.0. The molecule has 4 nitrogen and oxygen atoms in total. The zero-order valence-electron chi connectivity index (χ0n) is 22.7. The van der Waals surface area contributed by atoms with Crippen molar-refractivity contribution in [2.75, 3.05) is 6.61 Å². The van der Waals surface area contributed by atoms with Gasteiger partial charge >= 0.3 is 5.97 Å². The van der Waals surface area contributed by atoms with E-state index in [0.717, 1.165) is 43.9 Å². The van der Waals surface area contributed by atoms with Crippen molar-refractivity contribution < 1.29 is 19.8 Å². The predicted molar refractivity (Wildman–Crippen MR) is 141 cm³/mol. The van der Waals surface area contributed by atoms with Crippen LogP contribution in [0.15, 0.2) is 0 Å². The Balaban J connectivity index is 1.73. The number of rotatable bonds is 9. The number of carbonyl (C=O) groups excluding carboxylic acids is 1. The smallest absolute Gasteiger partial charge is 0.316 e. The number of carbonyl (C=O) groups is 2. The lowest BCUT2D eigenvalue weighted by Crippen LogP contribution is -2.55. The van der Waals surface area contributed by atoms with Gasteiger partial charge in [-0.15, -0.1) is 11.8 Å². The van der Waals surface area contributed by atoms with Crippen molar-refractivity contribution in [1.82, 2.24) is 0 Å². The number of hydrogen-bond donors (Lipinski definition) is 2. The topological polar surface area (TPSA) is 74.6 Å². The van der Waals surface area contributed by atoms with E-state index in [1.807, 2.05) is 13.8 Å². The van der Waals surface area contributed by atoms with Crippen LogP contribution in [-0.4, -0.2) is 38.6 Å². The third-order valence-corrected chi connectivity index (χ3v) is 12.4. The highest BCUT2D eigenvalue weighted by Gasteiger charge is 2.58. The summed E-state index contributed by atoms with van der Waals surface area (Å²) in [7, 11) is 0. The summed E-state index contributed by atoms with van der Waals surface area (Å²) in [5, 5.41) is 19.1. The predicted octanol–water partition coefficient (Wildman–Crippen LogP) is 6.83. The molecule has 3 aliphatic carbocycles. The maximum Gasteiger partial charge on any atom is 0.316 e. The minimum atomic E-state index is -0.736. The fraction of sp³-hybridized carbons (Fsp3) is 0.931. The molecule has 3 aliphatic rings. The van der Waals surface area contributed by atoms with Gasteiger partial charge in [-0.1, -0.05) is 34.1 Å². The van der Waals surface area contributed by atoms with Gasteiger partial charge in [-0.25, -0.2) is 0 Å². The van der Waals surface area contributed by atoms with Crippen LogP contribution in [0.3, 0.4) is 0 Å². The Morgan fingerprint density at radius 3 is 2.35 bits per heavy atom. The molecule has 0 bridgehead atoms. The molecule has 0 amide bonds. The van der Waals surface area contributed by atoms with Crippen molar-refractivity contribution in [2.24, 2.45) is 46.3 Å². The SMILES string of the molecule is CC[C@H]1[C@@H]2CC[C@H]3C[C@@H](CC(SC(C)(C)CO)C(=O)O)CC[C@]3(C)[C@H]2CC[C@]1(C)[C@H](C)C(C)=O. The second-order valence-corrected chi connectivity index (χ2v) is 15.1. The summed E-state index contributed by atoms with van der Waals surface area (Å²) >= 11 is 1.43. The molecule has 2 N–H and O–H groups in total. The number of aliphatic hydroxyl groups excluding tert-OH is 1. The lowest BCUT2D eigenvalue weighted by molar-refractivity contribution is -0.145. The number of carboxylic acids is 1. The van der Waals surface area contributed by atoms with Crippen LogP contribution in [0.4, 0.5) is 0 Å². The van der Waals surface area contributed by atoms with Crippen molar-refractivity contribution in [1.29, 1.82) is 0 Å². The van der Waals surface area contributed by atoms with Gasteiger partial charge in [0.15, 0.2) is 0 Å².